The summed E-state index contributed by atoms with van der Waals surface area (Å²) in [6, 6.07) is 70.4. The third-order valence-electron chi connectivity index (χ3n) is 10.5. The first kappa shape index (κ1) is 28.6. The smallest absolute Gasteiger partial charge is 0.135 e. The van der Waals surface area contributed by atoms with E-state index in [2.05, 4.69) is 194 Å². The van der Waals surface area contributed by atoms with Crippen molar-refractivity contribution in [2.75, 3.05) is 0 Å². The number of rotatable bonds is 5. The van der Waals surface area contributed by atoms with E-state index in [0.29, 0.717) is 0 Å². The second-order valence-corrected chi connectivity index (χ2v) is 13.3. The third kappa shape index (κ3) is 4.34. The lowest BCUT2D eigenvalue weighted by molar-refractivity contribution is 0.666. The molecular weight excluding hydrogens is 605 g/mol. The molecule has 0 bridgehead atoms. The lowest BCUT2D eigenvalue weighted by atomic mass is 9.67. The molecule has 1 nitrogen and oxygen atoms in total. The molecule has 234 valence electrons. The normalized spacial score (nSPS) is 13.0. The van der Waals surface area contributed by atoms with Crippen molar-refractivity contribution in [1.82, 2.24) is 0 Å². The van der Waals surface area contributed by atoms with Crippen molar-refractivity contribution in [1.29, 1.82) is 0 Å². The average Bonchev–Trinajstić information content (AvgIpc) is 3.70. The Kier molecular flexibility index (Phi) is 6.47. The quantitative estimate of drug-likeness (QED) is 0.183. The van der Waals surface area contributed by atoms with Crippen LogP contribution >= 0.6 is 0 Å². The molecule has 0 N–H and O–H groups in total. The zero-order valence-corrected chi connectivity index (χ0v) is 27.4. The van der Waals surface area contributed by atoms with Crippen LogP contribution < -0.4 is 0 Å². The monoisotopic (exact) mass is 636 g/mol. The second-order valence-electron chi connectivity index (χ2n) is 13.3. The molecule has 0 amide bonds. The van der Waals surface area contributed by atoms with Gasteiger partial charge in [0.25, 0.3) is 0 Å². The minimum absolute atomic E-state index is 0.460. The lowest BCUT2D eigenvalue weighted by Crippen LogP contribution is -2.28. The van der Waals surface area contributed by atoms with Gasteiger partial charge >= 0.3 is 0 Å². The standard InChI is InChI=1S/C49H32O/c1-5-15-33(16-6-1)36-27-37(34-17-7-2-8-18-34)29-38(28-36)35-25-26-47-43(30-35)44-31-42-41-23-13-14-24-45(41)49(39-19-9-3-10-20-39,40-21-11-4-12-22-40)46(42)32-48(44)50-47/h1-32H. The van der Waals surface area contributed by atoms with Gasteiger partial charge in [0.15, 0.2) is 0 Å². The maximum atomic E-state index is 6.72. The van der Waals surface area contributed by atoms with Gasteiger partial charge in [-0.3, -0.25) is 0 Å². The Hall–Kier alpha value is -6.44. The summed E-state index contributed by atoms with van der Waals surface area (Å²) in [4.78, 5) is 0. The fourth-order valence-electron chi connectivity index (χ4n) is 8.28. The summed E-state index contributed by atoms with van der Waals surface area (Å²) in [5.41, 5.74) is 16.1. The number of hydrogen-bond donors (Lipinski definition) is 0. The average molecular weight is 637 g/mol. The molecule has 0 unspecified atom stereocenters. The summed E-state index contributed by atoms with van der Waals surface area (Å²) < 4.78 is 6.72. The third-order valence-corrected chi connectivity index (χ3v) is 10.5. The van der Waals surface area contributed by atoms with E-state index in [-0.39, 0.29) is 0 Å². The molecule has 0 radical (unpaired) electrons. The van der Waals surface area contributed by atoms with E-state index in [0.717, 1.165) is 21.9 Å². The highest BCUT2D eigenvalue weighted by Crippen LogP contribution is 2.57. The van der Waals surface area contributed by atoms with Crippen LogP contribution in [-0.4, -0.2) is 0 Å². The fraction of sp³-hybridized carbons (Fsp3) is 0.0204. The van der Waals surface area contributed by atoms with E-state index in [1.807, 2.05) is 0 Å². The number of hydrogen-bond acceptors (Lipinski definition) is 1. The molecule has 9 aromatic rings. The van der Waals surface area contributed by atoms with Gasteiger partial charge in [-0.15, -0.1) is 0 Å². The van der Waals surface area contributed by atoms with E-state index in [1.54, 1.807) is 0 Å². The zero-order valence-electron chi connectivity index (χ0n) is 27.4. The van der Waals surface area contributed by atoms with Gasteiger partial charge in [0.1, 0.15) is 11.2 Å². The number of furan rings is 1. The zero-order chi connectivity index (χ0) is 33.1. The number of fused-ring (bicyclic) bond motifs is 6. The summed E-state index contributed by atoms with van der Waals surface area (Å²) in [6.07, 6.45) is 0. The molecule has 8 aromatic carbocycles. The van der Waals surface area contributed by atoms with Crippen molar-refractivity contribution >= 4 is 21.9 Å². The van der Waals surface area contributed by atoms with Crippen molar-refractivity contribution in [3.8, 4) is 44.5 Å². The molecule has 0 saturated heterocycles. The van der Waals surface area contributed by atoms with Crippen molar-refractivity contribution in [3.63, 3.8) is 0 Å². The maximum Gasteiger partial charge on any atom is 0.135 e. The molecule has 50 heavy (non-hydrogen) atoms. The number of benzene rings is 8. The minimum atomic E-state index is -0.460. The van der Waals surface area contributed by atoms with Crippen LogP contribution in [0.5, 0.6) is 0 Å². The van der Waals surface area contributed by atoms with Crippen LogP contribution in [0.3, 0.4) is 0 Å². The Morgan fingerprint density at radius 1 is 0.300 bits per heavy atom. The van der Waals surface area contributed by atoms with E-state index < -0.39 is 5.41 Å². The van der Waals surface area contributed by atoms with Crippen molar-refractivity contribution in [2.45, 2.75) is 5.41 Å². The molecule has 1 aliphatic carbocycles. The molecule has 0 fully saturated rings. The Bertz CT molecular complexity index is 2570. The van der Waals surface area contributed by atoms with Gasteiger partial charge in [-0.05, 0) is 109 Å². The molecular formula is C49H32O. The Morgan fingerprint density at radius 2 is 0.800 bits per heavy atom. The summed E-state index contributed by atoms with van der Waals surface area (Å²) in [6.45, 7) is 0. The highest BCUT2D eigenvalue weighted by Gasteiger charge is 2.46. The van der Waals surface area contributed by atoms with Crippen LogP contribution in [0.25, 0.3) is 66.4 Å². The van der Waals surface area contributed by atoms with Crippen molar-refractivity contribution < 1.29 is 4.42 Å². The molecule has 0 saturated carbocycles. The predicted molar refractivity (Wildman–Crippen MR) is 207 cm³/mol. The lowest BCUT2D eigenvalue weighted by Gasteiger charge is -2.33. The summed E-state index contributed by atoms with van der Waals surface area (Å²) in [7, 11) is 0. The van der Waals surface area contributed by atoms with E-state index in [1.165, 1.54) is 66.8 Å². The summed E-state index contributed by atoms with van der Waals surface area (Å²) in [5.74, 6) is 0. The van der Waals surface area contributed by atoms with Crippen LogP contribution in [0.15, 0.2) is 199 Å². The van der Waals surface area contributed by atoms with E-state index in [9.17, 15) is 0 Å². The topological polar surface area (TPSA) is 13.1 Å². The van der Waals surface area contributed by atoms with Gasteiger partial charge in [-0.2, -0.15) is 0 Å². The minimum Gasteiger partial charge on any atom is -0.456 e. The van der Waals surface area contributed by atoms with Gasteiger partial charge in [0.05, 0.1) is 5.41 Å². The largest absolute Gasteiger partial charge is 0.456 e. The van der Waals surface area contributed by atoms with Crippen molar-refractivity contribution in [3.05, 3.63) is 216 Å². The Balaban J connectivity index is 1.20. The van der Waals surface area contributed by atoms with Gasteiger partial charge in [-0.1, -0.05) is 152 Å². The molecule has 1 aromatic heterocycles. The molecule has 10 rings (SSSR count). The molecule has 0 spiro atoms. The molecule has 0 atom stereocenters. The van der Waals surface area contributed by atoms with E-state index >= 15 is 0 Å². The highest BCUT2D eigenvalue weighted by atomic mass is 16.3. The van der Waals surface area contributed by atoms with Gasteiger partial charge < -0.3 is 4.42 Å². The Morgan fingerprint density at radius 3 is 1.40 bits per heavy atom. The van der Waals surface area contributed by atoms with Crippen LogP contribution in [-0.2, 0) is 5.41 Å². The maximum absolute atomic E-state index is 6.72. The SMILES string of the molecule is c1ccc(-c2cc(-c3ccccc3)cc(-c3ccc4oc5cc6c(cc5c4c3)-c3ccccc3C6(c3ccccc3)c3ccccc3)c2)cc1. The predicted octanol–water partition coefficient (Wildman–Crippen LogP) is 13.0. The van der Waals surface area contributed by atoms with Crippen LogP contribution in [0.1, 0.15) is 22.3 Å². The van der Waals surface area contributed by atoms with E-state index in [4.69, 9.17) is 4.42 Å². The molecule has 1 heterocycles. The van der Waals surface area contributed by atoms with Gasteiger partial charge in [0.2, 0.25) is 0 Å². The second kappa shape index (κ2) is 11.3. The highest BCUT2D eigenvalue weighted by molar-refractivity contribution is 6.09. The molecule has 0 aliphatic heterocycles. The summed E-state index contributed by atoms with van der Waals surface area (Å²) in [5, 5.41) is 2.26. The summed E-state index contributed by atoms with van der Waals surface area (Å²) >= 11 is 0. The Labute approximate surface area is 291 Å². The molecule has 1 heteroatoms. The van der Waals surface area contributed by atoms with Gasteiger partial charge in [0, 0.05) is 10.8 Å². The van der Waals surface area contributed by atoms with Crippen molar-refractivity contribution in [2.24, 2.45) is 0 Å². The van der Waals surface area contributed by atoms with Crippen LogP contribution in [0.2, 0.25) is 0 Å². The first-order valence-electron chi connectivity index (χ1n) is 17.3. The first-order chi connectivity index (χ1) is 24.8. The molecule has 1 aliphatic rings. The van der Waals surface area contributed by atoms with Gasteiger partial charge in [-0.25, -0.2) is 0 Å². The first-order valence-corrected chi connectivity index (χ1v) is 17.3. The fourth-order valence-corrected chi connectivity index (χ4v) is 8.28. The van der Waals surface area contributed by atoms with Crippen LogP contribution in [0, 0.1) is 0 Å². The van der Waals surface area contributed by atoms with Crippen LogP contribution in [0.4, 0.5) is 0 Å².